The smallest absolute Gasteiger partial charge is 0.344 e. The van der Waals surface area contributed by atoms with Crippen LogP contribution in [0.1, 0.15) is 239 Å². The van der Waals surface area contributed by atoms with Gasteiger partial charge in [0.25, 0.3) is 0 Å². The number of hydrogen-bond donors (Lipinski definition) is 9. The van der Waals surface area contributed by atoms with Gasteiger partial charge in [-0.3, -0.25) is 53.7 Å². The number of ether oxygens (including phenoxy) is 3. The predicted molar refractivity (Wildman–Crippen MR) is 306 cm³/mol. The van der Waals surface area contributed by atoms with Crippen LogP contribution in [0.15, 0.2) is 0 Å². The molecule has 0 rings (SSSR count). The minimum Gasteiger partial charge on any atom is -0.481 e. The number of esters is 4. The van der Waals surface area contributed by atoms with Gasteiger partial charge in [-0.25, -0.2) is 4.79 Å². The van der Waals surface area contributed by atoms with E-state index in [0.29, 0.717) is 12.8 Å². The molecule has 81 heavy (non-hydrogen) atoms. The van der Waals surface area contributed by atoms with Crippen molar-refractivity contribution in [2.75, 3.05) is 31.2 Å². The molecule has 0 heterocycles. The van der Waals surface area contributed by atoms with E-state index in [9.17, 15) is 57.8 Å². The second kappa shape index (κ2) is 49.3. The maximum Gasteiger partial charge on any atom is 0.344 e. The number of aliphatic carboxylic acids is 3. The Morgan fingerprint density at radius 2 is 1.00 bits per heavy atom. The number of carboxylic acids is 3. The van der Waals surface area contributed by atoms with E-state index in [1.54, 1.807) is 0 Å². The van der Waals surface area contributed by atoms with Crippen LogP contribution in [0.4, 0.5) is 0 Å². The average molecular weight is 1170 g/mol. The summed E-state index contributed by atoms with van der Waals surface area (Å²) in [7, 11) is 0. The Kier molecular flexibility index (Phi) is 44.8. The van der Waals surface area contributed by atoms with E-state index in [-0.39, 0.29) is 49.1 Å². The van der Waals surface area contributed by atoms with E-state index >= 15 is 0 Å². The van der Waals surface area contributed by atoms with Crippen molar-refractivity contribution in [2.24, 2.45) is 11.5 Å². The molecule has 0 fully saturated rings. The van der Waals surface area contributed by atoms with Crippen molar-refractivity contribution in [1.82, 2.24) is 21.3 Å². The summed E-state index contributed by atoms with van der Waals surface area (Å²) in [6, 6.07) is -3.02. The van der Waals surface area contributed by atoms with Crippen LogP contribution in [0.3, 0.4) is 0 Å². The molecule has 0 radical (unpaired) electrons. The zero-order valence-electron chi connectivity index (χ0n) is 49.6. The molecule has 23 nitrogen and oxygen atoms in total. The van der Waals surface area contributed by atoms with Crippen LogP contribution in [0.5, 0.6) is 0 Å². The number of carboxylic acid groups (broad SMARTS) is 3. The van der Waals surface area contributed by atoms with Gasteiger partial charge in [0.1, 0.15) is 18.8 Å². The summed E-state index contributed by atoms with van der Waals surface area (Å²) in [6.07, 6.45) is 26.1. The summed E-state index contributed by atoms with van der Waals surface area (Å²) < 4.78 is 24.2. The molecule has 4 atom stereocenters. The van der Waals surface area contributed by atoms with Crippen molar-refractivity contribution < 1.29 is 83.7 Å². The molecule has 0 saturated carbocycles. The third-order valence-corrected chi connectivity index (χ3v) is 14.3. The minimum atomic E-state index is -2.69. The fraction of sp³-hybridized carbons (Fsp3) is 0.807. The lowest BCUT2D eigenvalue weighted by Crippen LogP contribution is -2.63. The van der Waals surface area contributed by atoms with Crippen LogP contribution < -0.4 is 32.7 Å². The fourth-order valence-electron chi connectivity index (χ4n) is 8.34. The summed E-state index contributed by atoms with van der Waals surface area (Å²) in [5.74, 6) is -11.8. The molecular weight excluding hydrogens is 1070 g/mol. The van der Waals surface area contributed by atoms with E-state index in [1.165, 1.54) is 127 Å². The first-order chi connectivity index (χ1) is 39.1. The standard InChI is InChI=1S/C57H100N6O17S/c1-3-5-7-9-11-13-15-17-19-21-23-25-27-29-50(70)78-41-43(79-51(71)30-28-26-24-22-20-18-16-14-12-10-8-6-4-2)42-81-38-36-53(73)80-52(72)35-37-57(59,56(76)77)63-47(65)40-61-55(75)45(32-34-49(68)69)62-46(64)39-60-54(74)44(58)31-33-48(66)67/h43-45H,3-42,58-59H2,1-2H3,(H,60,74)(H,61,75)(H,62,64)(H,63,65)(H,66,67)(H,68,69)(H,76,77)/t43-,44?,45?,57-/m1/s1/i/hD. The number of carbonyl (C=O) groups excluding carboxylic acids is 8. The average Bonchev–Trinajstić information content (AvgIpc) is 3.49. The van der Waals surface area contributed by atoms with Crippen LogP contribution in [0, 0.1) is 0 Å². The molecule has 466 valence electrons. The van der Waals surface area contributed by atoms with Crippen LogP contribution in [-0.2, 0) is 67.0 Å². The van der Waals surface area contributed by atoms with Gasteiger partial charge in [-0.2, -0.15) is 11.8 Å². The number of unbranched alkanes of at least 4 members (excludes halogenated alkanes) is 24. The molecule has 24 heteroatoms. The van der Waals surface area contributed by atoms with Crippen molar-refractivity contribution in [3.05, 3.63) is 0 Å². The Labute approximate surface area is 485 Å². The number of nitrogens with two attached hydrogens (primary N) is 2. The normalized spacial score (nSPS) is 13.1. The van der Waals surface area contributed by atoms with Crippen LogP contribution in [0.25, 0.3) is 0 Å². The fourth-order valence-corrected chi connectivity index (χ4v) is 9.25. The Morgan fingerprint density at radius 3 is 1.48 bits per heavy atom. The van der Waals surface area contributed by atoms with Crippen LogP contribution in [-0.4, -0.2) is 136 Å². The topological polar surface area (TPSA) is 376 Å². The van der Waals surface area contributed by atoms with Gasteiger partial charge in [0.15, 0.2) is 7.07 Å². The van der Waals surface area contributed by atoms with Gasteiger partial charge in [0.05, 0.1) is 32.0 Å². The van der Waals surface area contributed by atoms with E-state index in [4.69, 9.17) is 37.3 Å². The maximum atomic E-state index is 13.1. The molecule has 0 aliphatic carbocycles. The number of thioether (sulfide) groups is 1. The number of hydrogen-bond acceptors (Lipinski definition) is 17. The van der Waals surface area contributed by atoms with Crippen LogP contribution >= 0.6 is 11.8 Å². The van der Waals surface area contributed by atoms with Gasteiger partial charge >= 0.3 is 41.8 Å². The predicted octanol–water partition coefficient (Wildman–Crippen LogP) is 7.01. The number of rotatable bonds is 54. The van der Waals surface area contributed by atoms with Gasteiger partial charge in [0.2, 0.25) is 23.6 Å². The summed E-state index contributed by atoms with van der Waals surface area (Å²) in [6.45, 7) is 2.29. The molecule has 2 unspecified atom stereocenters. The molecular formula is C57H100N6O17S. The number of carbonyl (C=O) groups is 11. The molecule has 0 aromatic rings. The van der Waals surface area contributed by atoms with Crippen molar-refractivity contribution in [2.45, 2.75) is 262 Å². The third kappa shape index (κ3) is 44.9. The Morgan fingerprint density at radius 1 is 0.543 bits per heavy atom. The summed E-state index contributed by atoms with van der Waals surface area (Å²) in [4.78, 5) is 136. The summed E-state index contributed by atoms with van der Waals surface area (Å²) >= 11 is 1.20. The molecule has 0 aromatic heterocycles. The monoisotopic (exact) mass is 1170 g/mol. The second-order valence-corrected chi connectivity index (χ2v) is 21.9. The lowest BCUT2D eigenvalue weighted by atomic mass is 10.0. The van der Waals surface area contributed by atoms with Crippen molar-refractivity contribution >= 4 is 77.2 Å². The van der Waals surface area contributed by atoms with Crippen molar-refractivity contribution in [3.63, 3.8) is 0 Å². The third-order valence-electron chi connectivity index (χ3n) is 13.2. The van der Waals surface area contributed by atoms with Gasteiger partial charge in [-0.1, -0.05) is 168 Å². The zero-order chi connectivity index (χ0) is 61.4. The van der Waals surface area contributed by atoms with Crippen molar-refractivity contribution in [3.8, 4) is 0 Å². The lowest BCUT2D eigenvalue weighted by Gasteiger charge is -2.26. The molecule has 11 N–H and O–H groups in total. The van der Waals surface area contributed by atoms with E-state index in [2.05, 4.69) is 24.5 Å². The number of amides is 4. The molecule has 0 spiro atoms. The minimum absolute atomic E-state index is 0.00291. The highest BCUT2D eigenvalue weighted by molar-refractivity contribution is 7.99. The quantitative estimate of drug-likeness (QED) is 0.00972. The van der Waals surface area contributed by atoms with Gasteiger partial charge in [0, 0.05) is 43.6 Å². The first-order valence-electron chi connectivity index (χ1n) is 30.1. The van der Waals surface area contributed by atoms with E-state index in [0.717, 1.165) is 38.5 Å². The Balaban J connectivity index is 5.18. The largest absolute Gasteiger partial charge is 0.481 e. The first-order valence-corrected chi connectivity index (χ1v) is 30.8. The van der Waals surface area contributed by atoms with Gasteiger partial charge < -0.3 is 56.5 Å². The first kappa shape index (κ1) is 73.7. The zero-order valence-corrected chi connectivity index (χ0v) is 49.4. The number of nitrogens with one attached hydrogen (secondary N) is 4. The second-order valence-electron chi connectivity index (χ2n) is 20.7. The molecule has 0 aromatic carbocycles. The lowest BCUT2D eigenvalue weighted by molar-refractivity contribution is -0.160. The Bertz CT molecular complexity index is 1900. The summed E-state index contributed by atoms with van der Waals surface area (Å²) in [5.41, 5.74) is 8.80. The highest BCUT2D eigenvalue weighted by Gasteiger charge is 2.37. The maximum absolute atomic E-state index is 13.1. The van der Waals surface area contributed by atoms with E-state index < -0.39 is 134 Å². The van der Waals surface area contributed by atoms with Crippen molar-refractivity contribution in [1.29, 1.82) is 0 Å². The van der Waals surface area contributed by atoms with Gasteiger partial charge in [-0.05, 0) is 25.7 Å². The van der Waals surface area contributed by atoms with Gasteiger partial charge in [-0.15, -0.1) is 0 Å². The molecule has 0 aliphatic rings. The van der Waals surface area contributed by atoms with E-state index in [1.807, 2.05) is 5.32 Å². The Hall–Kier alpha value is -5.36. The molecule has 0 bridgehead atoms. The SMILES string of the molecule is [2H]N(CC(=O)N[C@](N)(CCC(=O)OC(=O)CCSC[C@@H](COC(=O)CCCCCCCCCCCCCCC)OC(=O)CCCCCCCCCCCCCCC)C(=O)O)C(=O)C(CCC(=O)O)NC(=O)CNC(=O)C(N)CCC(=O)O. The highest BCUT2D eigenvalue weighted by atomic mass is 32.2. The molecule has 0 saturated heterocycles. The molecule has 4 amide bonds. The summed E-state index contributed by atoms with van der Waals surface area (Å²) in [5, 5.41) is 33.9. The molecule has 0 aliphatic heterocycles. The van der Waals surface area contributed by atoms with Crippen LogP contribution in [0.2, 0.25) is 1.41 Å². The highest BCUT2D eigenvalue weighted by Crippen LogP contribution is 2.17.